The molecule has 3 aromatic rings. The van der Waals surface area contributed by atoms with Crippen LogP contribution in [0.3, 0.4) is 0 Å². The van der Waals surface area contributed by atoms with Crippen LogP contribution >= 0.6 is 24.4 Å². The lowest BCUT2D eigenvalue weighted by Crippen LogP contribution is -2.29. The largest absolute Gasteiger partial charge is 0.493 e. The number of rotatable bonds is 10. The van der Waals surface area contributed by atoms with Gasteiger partial charge in [-0.1, -0.05) is 7.43 Å². The van der Waals surface area contributed by atoms with Crippen molar-refractivity contribution in [3.63, 3.8) is 0 Å². The Morgan fingerprint density at radius 2 is 1.61 bits per heavy atom. The molecule has 0 amide bonds. The molecule has 9 nitrogen and oxygen atoms in total. The highest BCUT2D eigenvalue weighted by molar-refractivity contribution is 7.80. The molecule has 0 atom stereocenters. The molecule has 0 aliphatic rings. The molecule has 0 radical (unpaired) electrons. The van der Waals surface area contributed by atoms with Crippen LogP contribution in [0.5, 0.6) is 23.0 Å². The van der Waals surface area contributed by atoms with E-state index in [1.54, 1.807) is 59.2 Å². The van der Waals surface area contributed by atoms with Gasteiger partial charge in [0.15, 0.2) is 28.1 Å². The Balaban J connectivity index is 0.000000397. The molecule has 36 heavy (non-hydrogen) atoms. The van der Waals surface area contributed by atoms with Crippen molar-refractivity contribution >= 4 is 46.1 Å². The molecule has 0 unspecified atom stereocenters. The van der Waals surface area contributed by atoms with Crippen LogP contribution in [0.15, 0.2) is 60.1 Å². The van der Waals surface area contributed by atoms with E-state index in [4.69, 9.17) is 31.2 Å². The second-order valence-electron chi connectivity index (χ2n) is 6.85. The number of nitrogens with one attached hydrogen (secondary N) is 2. The van der Waals surface area contributed by atoms with E-state index < -0.39 is 0 Å². The minimum absolute atomic E-state index is 0. The highest BCUT2D eigenvalue weighted by Crippen LogP contribution is 2.31. The summed E-state index contributed by atoms with van der Waals surface area (Å²) in [7, 11) is 6.37. The van der Waals surface area contributed by atoms with Gasteiger partial charge in [0.25, 0.3) is 0 Å². The number of nitrogens with zero attached hydrogens (tertiary/aromatic N) is 3. The van der Waals surface area contributed by atoms with Crippen molar-refractivity contribution < 1.29 is 18.9 Å². The zero-order chi connectivity index (χ0) is 25.5. The Bertz CT molecular complexity index is 1120. The number of aliphatic imine (C=N–C) groups is 1. The lowest BCUT2D eigenvalue weighted by atomic mass is 10.3. The van der Waals surface area contributed by atoms with E-state index in [1.165, 1.54) is 0 Å². The zero-order valence-corrected chi connectivity index (χ0v) is 21.7. The highest BCUT2D eigenvalue weighted by Gasteiger charge is 2.05. The molecule has 1 aromatic heterocycles. The molecule has 3 rings (SSSR count). The molecule has 2 N–H and O–H groups in total. The summed E-state index contributed by atoms with van der Waals surface area (Å²) in [4.78, 5) is 7.82. The van der Waals surface area contributed by atoms with Crippen LogP contribution in [0.2, 0.25) is 0 Å². The first-order valence-corrected chi connectivity index (χ1v) is 11.4. The number of isothiocyanates is 1. The topological polar surface area (TPSA) is 91.2 Å². The second kappa shape index (κ2) is 16.9. The lowest BCUT2D eigenvalue weighted by Gasteiger charge is -2.13. The maximum absolute atomic E-state index is 5.28. The van der Waals surface area contributed by atoms with Crippen LogP contribution < -0.4 is 29.6 Å². The summed E-state index contributed by atoms with van der Waals surface area (Å²) in [6, 6.07) is 10.9. The molecule has 0 spiro atoms. The predicted octanol–water partition coefficient (Wildman–Crippen LogP) is 5.35. The van der Waals surface area contributed by atoms with Crippen molar-refractivity contribution in [2.45, 2.75) is 20.4 Å². The van der Waals surface area contributed by atoms with Gasteiger partial charge in [-0.2, -0.15) is 4.99 Å². The van der Waals surface area contributed by atoms with Crippen molar-refractivity contribution in [2.24, 2.45) is 4.99 Å². The summed E-state index contributed by atoms with van der Waals surface area (Å²) in [5.74, 6) is 2.66. The van der Waals surface area contributed by atoms with Crippen LogP contribution in [0.1, 0.15) is 13.8 Å². The number of hydrogen-bond donors (Lipinski definition) is 2. The average molecular weight is 532 g/mol. The number of imidazole rings is 1. The molecule has 0 saturated heterocycles. The first-order valence-electron chi connectivity index (χ1n) is 10.6. The first-order chi connectivity index (χ1) is 17.0. The van der Waals surface area contributed by atoms with E-state index in [2.05, 4.69) is 38.0 Å². The van der Waals surface area contributed by atoms with Gasteiger partial charge in [0.1, 0.15) is 0 Å². The summed E-state index contributed by atoms with van der Waals surface area (Å²) >= 11 is 9.76. The van der Waals surface area contributed by atoms with Crippen molar-refractivity contribution in [1.29, 1.82) is 0 Å². The smallest absolute Gasteiger partial charge is 0.170 e. The summed E-state index contributed by atoms with van der Waals surface area (Å²) in [6.07, 6.45) is 6.49. The fourth-order valence-corrected chi connectivity index (χ4v) is 3.24. The number of anilines is 1. The third-order valence-corrected chi connectivity index (χ3v) is 4.96. The molecular formula is C25H33N5O4S2. The van der Waals surface area contributed by atoms with Gasteiger partial charge < -0.3 is 34.1 Å². The van der Waals surface area contributed by atoms with Gasteiger partial charge >= 0.3 is 0 Å². The molecule has 0 aliphatic carbocycles. The van der Waals surface area contributed by atoms with Crippen LogP contribution in [-0.2, 0) is 6.54 Å². The van der Waals surface area contributed by atoms with Crippen molar-refractivity contribution in [1.82, 2.24) is 14.9 Å². The summed E-state index contributed by atoms with van der Waals surface area (Å²) in [6.45, 7) is 1.70. The van der Waals surface area contributed by atoms with E-state index >= 15 is 0 Å². The highest BCUT2D eigenvalue weighted by atomic mass is 32.1. The number of aryl methyl sites for hydroxylation is 1. The monoisotopic (exact) mass is 531 g/mol. The second-order valence-corrected chi connectivity index (χ2v) is 7.44. The molecule has 0 aliphatic heterocycles. The normalized spacial score (nSPS) is 9.33. The average Bonchev–Trinajstić information content (AvgIpc) is 3.40. The van der Waals surface area contributed by atoms with Gasteiger partial charge in [-0.05, 0) is 55.1 Å². The Morgan fingerprint density at radius 1 is 0.972 bits per heavy atom. The molecule has 194 valence electrons. The molecule has 2 aromatic carbocycles. The third kappa shape index (κ3) is 9.91. The standard InChI is InChI=1S/C15H20N4O2S.C9H9NO2S.CH4/c1-20-13-5-4-12(10-14(13)21-2)18-15(22)17-6-3-8-19-9-7-16-11-19;1-11-8-4-3-7(10-6-13)5-9(8)12-2;/h4-5,7,9-11H,3,6,8H2,1-2H3,(H2,17,18,22);3-5H,1-2H3;1H4. The fraction of sp³-hybridized carbons (Fsp3) is 0.320. The first kappa shape index (κ1) is 30.4. The maximum Gasteiger partial charge on any atom is 0.170 e. The van der Waals surface area contributed by atoms with E-state index in [9.17, 15) is 0 Å². The Labute approximate surface area is 223 Å². The maximum atomic E-state index is 5.28. The molecule has 11 heteroatoms. The van der Waals surface area contributed by atoms with E-state index in [0.29, 0.717) is 33.8 Å². The van der Waals surface area contributed by atoms with Gasteiger partial charge in [0, 0.05) is 43.3 Å². The van der Waals surface area contributed by atoms with Crippen LogP contribution in [0.4, 0.5) is 11.4 Å². The number of methoxy groups -OCH3 is 4. The predicted molar refractivity (Wildman–Crippen MR) is 152 cm³/mol. The molecule has 0 saturated carbocycles. The van der Waals surface area contributed by atoms with Crippen molar-refractivity contribution in [3.05, 3.63) is 55.1 Å². The van der Waals surface area contributed by atoms with Crippen LogP contribution in [0, 0.1) is 0 Å². The number of thiocarbonyl (C=S) groups is 2. The van der Waals surface area contributed by atoms with Gasteiger partial charge in [-0.3, -0.25) is 0 Å². The summed E-state index contributed by atoms with van der Waals surface area (Å²) in [5.41, 5.74) is 1.55. The Hall–Kier alpha value is -3.66. The molecular weight excluding hydrogens is 498 g/mol. The van der Waals surface area contributed by atoms with Crippen molar-refractivity contribution in [2.75, 3.05) is 40.3 Å². The Kier molecular flexibility index (Phi) is 14.2. The SMILES string of the molecule is C.COc1ccc(N=C=S)cc1OC.COc1ccc(NC(=S)NCCCn2ccnc2)cc1OC. The molecule has 0 fully saturated rings. The summed E-state index contributed by atoms with van der Waals surface area (Å²) < 4.78 is 22.6. The Morgan fingerprint density at radius 3 is 2.19 bits per heavy atom. The number of hydrogen-bond acceptors (Lipinski definition) is 8. The van der Waals surface area contributed by atoms with Crippen LogP contribution in [0.25, 0.3) is 0 Å². The minimum atomic E-state index is 0. The zero-order valence-electron chi connectivity index (χ0n) is 20.1. The van der Waals surface area contributed by atoms with Gasteiger partial charge in [-0.15, -0.1) is 0 Å². The van der Waals surface area contributed by atoms with E-state index in [0.717, 1.165) is 25.2 Å². The van der Waals surface area contributed by atoms with Crippen LogP contribution in [-0.4, -0.2) is 54.8 Å². The van der Waals surface area contributed by atoms with Gasteiger partial charge in [0.05, 0.1) is 45.6 Å². The lowest BCUT2D eigenvalue weighted by molar-refractivity contribution is 0.355. The number of ether oxygens (including phenoxy) is 4. The van der Waals surface area contributed by atoms with E-state index in [-0.39, 0.29) is 7.43 Å². The quantitative estimate of drug-likeness (QED) is 0.204. The van der Waals surface area contributed by atoms with E-state index in [1.807, 2.05) is 29.0 Å². The molecule has 0 bridgehead atoms. The summed E-state index contributed by atoms with van der Waals surface area (Å²) in [5, 5.41) is 9.17. The van der Waals surface area contributed by atoms with Gasteiger partial charge in [0.2, 0.25) is 0 Å². The van der Waals surface area contributed by atoms with Crippen molar-refractivity contribution in [3.8, 4) is 23.0 Å². The number of benzene rings is 2. The number of aromatic nitrogens is 2. The minimum Gasteiger partial charge on any atom is -0.493 e. The molecule has 1 heterocycles. The third-order valence-electron chi connectivity index (χ3n) is 4.62. The van der Waals surface area contributed by atoms with Gasteiger partial charge in [-0.25, -0.2) is 4.98 Å². The fourth-order valence-electron chi connectivity index (χ4n) is 2.92.